The highest BCUT2D eigenvalue weighted by molar-refractivity contribution is 5.98. The Morgan fingerprint density at radius 2 is 2.19 bits per heavy atom. The third kappa shape index (κ3) is 3.22. The quantitative estimate of drug-likeness (QED) is 0.885. The number of benzene rings is 1. The van der Waals surface area contributed by atoms with Crippen molar-refractivity contribution in [2.75, 3.05) is 33.4 Å². The normalized spacial score (nSPS) is 11.0. The summed E-state index contributed by atoms with van der Waals surface area (Å²) in [7, 11) is 1.54. The molecule has 0 saturated heterocycles. The molecule has 1 amide bonds. The second kappa shape index (κ2) is 6.69. The predicted octanol–water partition coefficient (Wildman–Crippen LogP) is 1.96. The minimum absolute atomic E-state index is 0.149. The molecule has 0 spiro atoms. The molecule has 0 atom stereocenters. The largest absolute Gasteiger partial charge is 0.451 e. The van der Waals surface area contributed by atoms with Gasteiger partial charge in [0.2, 0.25) is 0 Å². The number of nitrogens with zero attached hydrogens (tertiary/aromatic N) is 1. The van der Waals surface area contributed by atoms with Crippen LogP contribution < -0.4 is 0 Å². The Morgan fingerprint density at radius 3 is 2.86 bits per heavy atom. The molecule has 0 saturated carbocycles. The van der Waals surface area contributed by atoms with Gasteiger partial charge in [-0.1, -0.05) is 0 Å². The fourth-order valence-corrected chi connectivity index (χ4v) is 2.18. The van der Waals surface area contributed by atoms with E-state index in [1.165, 1.54) is 30.2 Å². The van der Waals surface area contributed by atoms with Gasteiger partial charge in [-0.3, -0.25) is 4.79 Å². The number of hydrogen-bond acceptors (Lipinski definition) is 4. The van der Waals surface area contributed by atoms with Gasteiger partial charge in [-0.15, -0.1) is 0 Å². The number of ether oxygens (including phenoxy) is 1. The minimum atomic E-state index is -0.378. The van der Waals surface area contributed by atoms with Crippen LogP contribution in [-0.4, -0.2) is 49.3 Å². The van der Waals surface area contributed by atoms with E-state index in [2.05, 4.69) is 0 Å². The summed E-state index contributed by atoms with van der Waals surface area (Å²) in [5, 5.41) is 9.64. The molecule has 0 radical (unpaired) electrons. The smallest absolute Gasteiger partial charge is 0.290 e. The summed E-state index contributed by atoms with van der Waals surface area (Å²) in [5.74, 6) is -0.549. The van der Waals surface area contributed by atoms with Gasteiger partial charge < -0.3 is 19.2 Å². The third-order valence-electron chi connectivity index (χ3n) is 3.31. The first-order chi connectivity index (χ1) is 10.1. The molecule has 1 aromatic carbocycles. The van der Waals surface area contributed by atoms with Crippen molar-refractivity contribution in [3.8, 4) is 0 Å². The number of rotatable bonds is 6. The van der Waals surface area contributed by atoms with Crippen LogP contribution in [0.1, 0.15) is 16.1 Å². The molecule has 0 unspecified atom stereocenters. The van der Waals surface area contributed by atoms with Crippen LogP contribution in [0.25, 0.3) is 11.0 Å². The number of aliphatic hydroxyl groups excluding tert-OH is 1. The number of amides is 1. The van der Waals surface area contributed by atoms with Crippen LogP contribution >= 0.6 is 0 Å². The SMILES string of the molecule is COCCN(CCO)C(=O)c1oc2ccc(F)cc2c1C. The van der Waals surface area contributed by atoms with Gasteiger partial charge in [0.25, 0.3) is 5.91 Å². The van der Waals surface area contributed by atoms with Crippen molar-refractivity contribution < 1.29 is 23.4 Å². The third-order valence-corrected chi connectivity index (χ3v) is 3.31. The number of aliphatic hydroxyl groups is 1. The summed E-state index contributed by atoms with van der Waals surface area (Å²) < 4.78 is 23.8. The molecular weight excluding hydrogens is 277 g/mol. The highest BCUT2D eigenvalue weighted by Gasteiger charge is 2.23. The zero-order valence-electron chi connectivity index (χ0n) is 12.1. The van der Waals surface area contributed by atoms with E-state index < -0.39 is 0 Å². The molecular formula is C15H18FNO4. The fourth-order valence-electron chi connectivity index (χ4n) is 2.18. The summed E-state index contributed by atoms with van der Waals surface area (Å²) in [5.41, 5.74) is 1.06. The van der Waals surface area contributed by atoms with Crippen molar-refractivity contribution in [2.24, 2.45) is 0 Å². The molecule has 5 nitrogen and oxygen atoms in total. The number of methoxy groups -OCH3 is 1. The van der Waals surface area contributed by atoms with Crippen molar-refractivity contribution in [1.82, 2.24) is 4.90 Å². The monoisotopic (exact) mass is 295 g/mol. The van der Waals surface area contributed by atoms with Crippen LogP contribution in [-0.2, 0) is 4.74 Å². The number of aryl methyl sites for hydroxylation is 1. The highest BCUT2D eigenvalue weighted by atomic mass is 19.1. The van der Waals surface area contributed by atoms with Crippen LogP contribution in [0.2, 0.25) is 0 Å². The van der Waals surface area contributed by atoms with Gasteiger partial charge in [0.15, 0.2) is 5.76 Å². The lowest BCUT2D eigenvalue weighted by atomic mass is 10.1. The van der Waals surface area contributed by atoms with Crippen LogP contribution in [0.5, 0.6) is 0 Å². The predicted molar refractivity (Wildman–Crippen MR) is 75.8 cm³/mol. The first-order valence-corrected chi connectivity index (χ1v) is 6.66. The number of carbonyl (C=O) groups is 1. The standard InChI is InChI=1S/C15H18FNO4/c1-10-12-9-11(16)3-4-13(12)21-14(10)15(19)17(5-7-18)6-8-20-2/h3-4,9,18H,5-8H2,1-2H3. The molecule has 6 heteroatoms. The van der Waals surface area contributed by atoms with Gasteiger partial charge in [-0.25, -0.2) is 4.39 Å². The summed E-state index contributed by atoms with van der Waals surface area (Å²) in [4.78, 5) is 13.9. The average molecular weight is 295 g/mol. The van der Waals surface area contributed by atoms with Crippen molar-refractivity contribution >= 4 is 16.9 Å². The molecule has 0 aliphatic heterocycles. The van der Waals surface area contributed by atoms with Crippen LogP contribution in [0.3, 0.4) is 0 Å². The lowest BCUT2D eigenvalue weighted by molar-refractivity contribution is 0.0627. The van der Waals surface area contributed by atoms with Gasteiger partial charge in [0.05, 0.1) is 13.2 Å². The first kappa shape index (κ1) is 15.5. The molecule has 0 aliphatic rings. The van der Waals surface area contributed by atoms with Crippen LogP contribution in [0, 0.1) is 12.7 Å². The zero-order valence-corrected chi connectivity index (χ0v) is 12.1. The number of hydrogen-bond donors (Lipinski definition) is 1. The van der Waals surface area contributed by atoms with E-state index in [0.717, 1.165) is 0 Å². The molecule has 2 rings (SSSR count). The lowest BCUT2D eigenvalue weighted by Gasteiger charge is -2.20. The summed E-state index contributed by atoms with van der Waals surface area (Å²) in [6, 6.07) is 4.13. The lowest BCUT2D eigenvalue weighted by Crippen LogP contribution is -2.36. The Morgan fingerprint density at radius 1 is 1.43 bits per heavy atom. The van der Waals surface area contributed by atoms with E-state index >= 15 is 0 Å². The Kier molecular flexibility index (Phi) is 4.93. The van der Waals surface area contributed by atoms with E-state index in [1.807, 2.05) is 0 Å². The molecule has 1 aromatic heterocycles. The molecule has 21 heavy (non-hydrogen) atoms. The minimum Gasteiger partial charge on any atom is -0.451 e. The second-order valence-corrected chi connectivity index (χ2v) is 4.71. The number of fused-ring (bicyclic) bond motifs is 1. The molecule has 0 bridgehead atoms. The van der Waals surface area contributed by atoms with Crippen LogP contribution in [0.15, 0.2) is 22.6 Å². The van der Waals surface area contributed by atoms with E-state index in [1.54, 1.807) is 6.92 Å². The van der Waals surface area contributed by atoms with Crippen molar-refractivity contribution in [2.45, 2.75) is 6.92 Å². The first-order valence-electron chi connectivity index (χ1n) is 6.66. The fraction of sp³-hybridized carbons (Fsp3) is 0.400. The van der Waals surface area contributed by atoms with E-state index in [9.17, 15) is 9.18 Å². The van der Waals surface area contributed by atoms with Gasteiger partial charge in [0, 0.05) is 31.1 Å². The molecule has 114 valence electrons. The van der Waals surface area contributed by atoms with Gasteiger partial charge in [-0.05, 0) is 25.1 Å². The highest BCUT2D eigenvalue weighted by Crippen LogP contribution is 2.26. The topological polar surface area (TPSA) is 62.9 Å². The Bertz CT molecular complexity index is 638. The van der Waals surface area contributed by atoms with Gasteiger partial charge >= 0.3 is 0 Å². The summed E-state index contributed by atoms with van der Waals surface area (Å²) >= 11 is 0. The number of carbonyl (C=O) groups excluding carboxylic acids is 1. The van der Waals surface area contributed by atoms with E-state index in [4.69, 9.17) is 14.3 Å². The molecule has 0 fully saturated rings. The Balaban J connectivity index is 2.34. The van der Waals surface area contributed by atoms with Crippen molar-refractivity contribution in [3.63, 3.8) is 0 Å². The van der Waals surface area contributed by atoms with E-state index in [0.29, 0.717) is 29.7 Å². The summed E-state index contributed by atoms with van der Waals surface area (Å²) in [6.45, 7) is 2.46. The molecule has 0 aliphatic carbocycles. The number of furan rings is 1. The van der Waals surface area contributed by atoms with Crippen molar-refractivity contribution in [3.05, 3.63) is 35.3 Å². The second-order valence-electron chi connectivity index (χ2n) is 4.71. The van der Waals surface area contributed by atoms with Crippen LogP contribution in [0.4, 0.5) is 4.39 Å². The molecule has 1 N–H and O–H groups in total. The van der Waals surface area contributed by atoms with Gasteiger partial charge in [0.1, 0.15) is 11.4 Å². The van der Waals surface area contributed by atoms with E-state index in [-0.39, 0.29) is 30.6 Å². The number of halogens is 1. The maximum absolute atomic E-state index is 13.3. The van der Waals surface area contributed by atoms with Crippen molar-refractivity contribution in [1.29, 1.82) is 0 Å². The Hall–Kier alpha value is -1.92. The maximum atomic E-state index is 13.3. The molecule has 1 heterocycles. The molecule has 2 aromatic rings. The Labute approximate surface area is 121 Å². The average Bonchev–Trinajstić information content (AvgIpc) is 2.80. The zero-order chi connectivity index (χ0) is 15.4. The maximum Gasteiger partial charge on any atom is 0.290 e. The summed E-state index contributed by atoms with van der Waals surface area (Å²) in [6.07, 6.45) is 0. The van der Waals surface area contributed by atoms with Gasteiger partial charge in [-0.2, -0.15) is 0 Å².